The van der Waals surface area contributed by atoms with Gasteiger partial charge in [-0.25, -0.2) is 9.97 Å². The minimum atomic E-state index is -0.0808. The lowest BCUT2D eigenvalue weighted by atomic mass is 9.92. The van der Waals surface area contributed by atoms with Gasteiger partial charge in [0.05, 0.1) is 0 Å². The first-order valence-electron chi connectivity index (χ1n) is 5.96. The van der Waals surface area contributed by atoms with E-state index in [-0.39, 0.29) is 10.8 Å². The van der Waals surface area contributed by atoms with Crippen LogP contribution in [0.2, 0.25) is 0 Å². The van der Waals surface area contributed by atoms with E-state index >= 15 is 0 Å². The third-order valence-electron chi connectivity index (χ3n) is 2.67. The van der Waals surface area contributed by atoms with E-state index in [0.717, 1.165) is 17.1 Å². The van der Waals surface area contributed by atoms with Gasteiger partial charge in [-0.15, -0.1) is 0 Å². The topological polar surface area (TPSA) is 38.9 Å². The molecule has 0 aliphatic carbocycles. The van der Waals surface area contributed by atoms with Gasteiger partial charge in [0.2, 0.25) is 11.6 Å². The number of rotatable bonds is 0. The van der Waals surface area contributed by atoms with E-state index in [1.807, 2.05) is 12.1 Å². The van der Waals surface area contributed by atoms with E-state index in [9.17, 15) is 0 Å². The average Bonchev–Trinajstić information content (AvgIpc) is 2.57. The van der Waals surface area contributed by atoms with Crippen LogP contribution in [0.3, 0.4) is 0 Å². The van der Waals surface area contributed by atoms with Crippen molar-refractivity contribution < 1.29 is 4.42 Å². The molecule has 92 valence electrons. The third kappa shape index (κ3) is 2.33. The molecule has 0 atom stereocenters. The molecule has 0 unspecified atom stereocenters. The highest BCUT2D eigenvalue weighted by atomic mass is 16.4. The Balaban J connectivity index is 2.56. The highest BCUT2D eigenvalue weighted by Crippen LogP contribution is 2.27. The van der Waals surface area contributed by atoms with Crippen molar-refractivity contribution in [2.24, 2.45) is 0 Å². The summed E-state index contributed by atoms with van der Waals surface area (Å²) in [5.41, 5.74) is 2.46. The molecule has 0 radical (unpaired) electrons. The Labute approximate surface area is 102 Å². The SMILES string of the molecule is CC(C)(C)c1ccc2nc(C(C)(C)C)oc2n1. The van der Waals surface area contributed by atoms with E-state index in [1.165, 1.54) is 0 Å². The van der Waals surface area contributed by atoms with Gasteiger partial charge in [0.25, 0.3) is 0 Å². The fourth-order valence-corrected chi connectivity index (χ4v) is 1.56. The summed E-state index contributed by atoms with van der Waals surface area (Å²) in [5, 5.41) is 0. The van der Waals surface area contributed by atoms with Crippen LogP contribution in [-0.2, 0) is 10.8 Å². The molecule has 2 heterocycles. The molecule has 2 aromatic heterocycles. The Morgan fingerprint density at radius 1 is 0.882 bits per heavy atom. The van der Waals surface area contributed by atoms with Crippen molar-refractivity contribution in [2.45, 2.75) is 52.4 Å². The predicted molar refractivity (Wildman–Crippen MR) is 69.2 cm³/mol. The zero-order valence-corrected chi connectivity index (χ0v) is 11.5. The molecule has 0 saturated heterocycles. The van der Waals surface area contributed by atoms with Gasteiger partial charge < -0.3 is 4.42 Å². The van der Waals surface area contributed by atoms with Gasteiger partial charge in [-0.1, -0.05) is 41.5 Å². The number of pyridine rings is 1. The zero-order chi connectivity index (χ0) is 12.8. The van der Waals surface area contributed by atoms with Crippen LogP contribution in [0.4, 0.5) is 0 Å². The lowest BCUT2D eigenvalue weighted by Crippen LogP contribution is -2.12. The van der Waals surface area contributed by atoms with Gasteiger partial charge >= 0.3 is 0 Å². The molecule has 0 saturated carbocycles. The Morgan fingerprint density at radius 3 is 2.06 bits per heavy atom. The second-order valence-electron chi connectivity index (χ2n) is 6.54. The summed E-state index contributed by atoms with van der Waals surface area (Å²) in [6.07, 6.45) is 0. The van der Waals surface area contributed by atoms with Gasteiger partial charge in [0.15, 0.2) is 0 Å². The molecule has 17 heavy (non-hydrogen) atoms. The van der Waals surface area contributed by atoms with Crippen LogP contribution in [0.25, 0.3) is 11.2 Å². The average molecular weight is 232 g/mol. The molecule has 0 bridgehead atoms. The second-order valence-corrected chi connectivity index (χ2v) is 6.54. The second kappa shape index (κ2) is 3.56. The maximum Gasteiger partial charge on any atom is 0.247 e. The van der Waals surface area contributed by atoms with Crippen molar-refractivity contribution in [1.29, 1.82) is 0 Å². The normalized spacial score (nSPS) is 13.3. The first-order valence-corrected chi connectivity index (χ1v) is 5.96. The predicted octanol–water partition coefficient (Wildman–Crippen LogP) is 3.82. The number of hydrogen-bond donors (Lipinski definition) is 0. The lowest BCUT2D eigenvalue weighted by Gasteiger charge is -2.16. The van der Waals surface area contributed by atoms with Gasteiger partial charge in [0.1, 0.15) is 5.52 Å². The van der Waals surface area contributed by atoms with Crippen LogP contribution in [0.15, 0.2) is 16.5 Å². The lowest BCUT2D eigenvalue weighted by molar-refractivity contribution is 0.406. The summed E-state index contributed by atoms with van der Waals surface area (Å²) in [7, 11) is 0. The van der Waals surface area contributed by atoms with Crippen molar-refractivity contribution in [3.05, 3.63) is 23.7 Å². The standard InChI is InChI=1S/C14H20N2O/c1-13(2,3)10-8-7-9-11(16-10)17-12(15-9)14(4,5)6/h7-8H,1-6H3. The number of aromatic nitrogens is 2. The molecule has 0 aliphatic heterocycles. The summed E-state index contributed by atoms with van der Waals surface area (Å²) in [4.78, 5) is 9.03. The number of nitrogens with zero attached hydrogens (tertiary/aromatic N) is 2. The van der Waals surface area contributed by atoms with Crippen LogP contribution in [-0.4, -0.2) is 9.97 Å². The summed E-state index contributed by atoms with van der Waals surface area (Å²) in [5.74, 6) is 0.742. The molecule has 2 rings (SSSR count). The molecule has 0 N–H and O–H groups in total. The number of oxazole rings is 1. The number of hydrogen-bond acceptors (Lipinski definition) is 3. The van der Waals surface area contributed by atoms with Crippen LogP contribution >= 0.6 is 0 Å². The molecule has 0 amide bonds. The molecular weight excluding hydrogens is 212 g/mol. The first kappa shape index (κ1) is 12.1. The van der Waals surface area contributed by atoms with Crippen molar-refractivity contribution in [3.63, 3.8) is 0 Å². The summed E-state index contributed by atoms with van der Waals surface area (Å²) in [6.45, 7) is 12.7. The Morgan fingerprint density at radius 2 is 1.53 bits per heavy atom. The fourth-order valence-electron chi connectivity index (χ4n) is 1.56. The summed E-state index contributed by atoms with van der Waals surface area (Å²) >= 11 is 0. The van der Waals surface area contributed by atoms with E-state index < -0.39 is 0 Å². The van der Waals surface area contributed by atoms with E-state index in [1.54, 1.807) is 0 Å². The molecule has 3 heteroatoms. The van der Waals surface area contributed by atoms with E-state index in [4.69, 9.17) is 4.42 Å². The molecule has 0 aromatic carbocycles. The minimum absolute atomic E-state index is 0.0306. The number of fused-ring (bicyclic) bond motifs is 1. The van der Waals surface area contributed by atoms with Crippen LogP contribution in [0.5, 0.6) is 0 Å². The highest BCUT2D eigenvalue weighted by Gasteiger charge is 2.23. The van der Waals surface area contributed by atoms with E-state index in [2.05, 4.69) is 51.5 Å². The van der Waals surface area contributed by atoms with Crippen molar-refractivity contribution in [1.82, 2.24) is 9.97 Å². The maximum atomic E-state index is 5.75. The molecule has 3 nitrogen and oxygen atoms in total. The molecular formula is C14H20N2O. The molecule has 2 aromatic rings. The fraction of sp³-hybridized carbons (Fsp3) is 0.571. The third-order valence-corrected chi connectivity index (χ3v) is 2.67. The Bertz CT molecular complexity index is 529. The van der Waals surface area contributed by atoms with E-state index in [0.29, 0.717) is 5.71 Å². The Kier molecular flexibility index (Phi) is 2.53. The van der Waals surface area contributed by atoms with Gasteiger partial charge in [0, 0.05) is 16.5 Å². The van der Waals surface area contributed by atoms with Crippen molar-refractivity contribution >= 4 is 11.2 Å². The van der Waals surface area contributed by atoms with Crippen molar-refractivity contribution in [3.8, 4) is 0 Å². The summed E-state index contributed by atoms with van der Waals surface area (Å²) in [6, 6.07) is 4.01. The first-order chi connectivity index (χ1) is 7.68. The maximum absolute atomic E-state index is 5.75. The quantitative estimate of drug-likeness (QED) is 0.693. The largest absolute Gasteiger partial charge is 0.422 e. The molecule has 0 spiro atoms. The van der Waals surface area contributed by atoms with Crippen molar-refractivity contribution in [2.75, 3.05) is 0 Å². The summed E-state index contributed by atoms with van der Waals surface area (Å²) < 4.78 is 5.75. The highest BCUT2D eigenvalue weighted by molar-refractivity contribution is 5.68. The van der Waals surface area contributed by atoms with Crippen LogP contribution in [0, 0.1) is 0 Å². The zero-order valence-electron chi connectivity index (χ0n) is 11.5. The van der Waals surface area contributed by atoms with Gasteiger partial charge in [-0.2, -0.15) is 0 Å². The van der Waals surface area contributed by atoms with Gasteiger partial charge in [-0.05, 0) is 12.1 Å². The van der Waals surface area contributed by atoms with Gasteiger partial charge in [-0.3, -0.25) is 0 Å². The smallest absolute Gasteiger partial charge is 0.247 e. The monoisotopic (exact) mass is 232 g/mol. The minimum Gasteiger partial charge on any atom is -0.422 e. The molecule has 0 fully saturated rings. The van der Waals surface area contributed by atoms with Crippen LogP contribution < -0.4 is 0 Å². The molecule has 0 aliphatic rings. The van der Waals surface area contributed by atoms with Crippen LogP contribution in [0.1, 0.15) is 53.1 Å². The Hall–Kier alpha value is -1.38.